The van der Waals surface area contributed by atoms with Gasteiger partial charge in [-0.25, -0.2) is 0 Å². The Bertz CT molecular complexity index is 376. The molecule has 0 saturated heterocycles. The van der Waals surface area contributed by atoms with Crippen LogP contribution in [0.3, 0.4) is 0 Å². The molecule has 2 N–H and O–H groups in total. The van der Waals surface area contributed by atoms with E-state index in [9.17, 15) is 9.90 Å². The number of benzene rings is 1. The molecule has 18 heavy (non-hydrogen) atoms. The number of hydrogen-bond acceptors (Lipinski definition) is 4. The molecule has 0 spiro atoms. The predicted octanol–water partition coefficient (Wildman–Crippen LogP) is 1.79. The van der Waals surface area contributed by atoms with Crippen LogP contribution in [0.25, 0.3) is 0 Å². The van der Waals surface area contributed by atoms with Gasteiger partial charge in [-0.05, 0) is 51.0 Å². The summed E-state index contributed by atoms with van der Waals surface area (Å²) in [4.78, 5) is 11.8. The van der Waals surface area contributed by atoms with Gasteiger partial charge in [-0.15, -0.1) is 0 Å². The summed E-state index contributed by atoms with van der Waals surface area (Å²) in [6, 6.07) is 6.69. The van der Waals surface area contributed by atoms with Crippen LogP contribution in [0.4, 0.5) is 0 Å². The van der Waals surface area contributed by atoms with E-state index in [0.717, 1.165) is 12.8 Å². The number of aliphatic hydroxyl groups is 2. The second-order valence-electron chi connectivity index (χ2n) is 4.69. The number of ether oxygens (including phenoxy) is 1. The smallest absolute Gasteiger partial charge is 0.193 e. The SMILES string of the molecule is CC(C)(O)C(=O)c1ccc(OCCCCO)cc1. The average molecular weight is 252 g/mol. The molecule has 0 unspecified atom stereocenters. The molecule has 100 valence electrons. The number of hydrogen-bond donors (Lipinski definition) is 2. The van der Waals surface area contributed by atoms with Crippen molar-refractivity contribution in [3.63, 3.8) is 0 Å². The molecule has 0 fully saturated rings. The van der Waals surface area contributed by atoms with Gasteiger partial charge >= 0.3 is 0 Å². The van der Waals surface area contributed by atoms with Gasteiger partial charge in [0.2, 0.25) is 0 Å². The van der Waals surface area contributed by atoms with Crippen molar-refractivity contribution in [3.05, 3.63) is 29.8 Å². The van der Waals surface area contributed by atoms with E-state index >= 15 is 0 Å². The van der Waals surface area contributed by atoms with Gasteiger partial charge in [0.15, 0.2) is 5.78 Å². The Labute approximate surface area is 107 Å². The summed E-state index contributed by atoms with van der Waals surface area (Å²) < 4.78 is 5.44. The van der Waals surface area contributed by atoms with E-state index in [1.807, 2.05) is 0 Å². The number of ketones is 1. The maximum absolute atomic E-state index is 11.8. The summed E-state index contributed by atoms with van der Waals surface area (Å²) in [6.45, 7) is 3.64. The number of aliphatic hydroxyl groups excluding tert-OH is 1. The average Bonchev–Trinajstić information content (AvgIpc) is 2.33. The normalized spacial score (nSPS) is 11.3. The highest BCUT2D eigenvalue weighted by Crippen LogP contribution is 2.17. The monoisotopic (exact) mass is 252 g/mol. The van der Waals surface area contributed by atoms with Crippen LogP contribution in [-0.2, 0) is 0 Å². The molecule has 0 aliphatic rings. The van der Waals surface area contributed by atoms with Crippen molar-refractivity contribution in [2.24, 2.45) is 0 Å². The quantitative estimate of drug-likeness (QED) is 0.573. The second kappa shape index (κ2) is 6.52. The van der Waals surface area contributed by atoms with E-state index in [0.29, 0.717) is 17.9 Å². The van der Waals surface area contributed by atoms with Crippen LogP contribution in [0.2, 0.25) is 0 Å². The molecule has 0 amide bonds. The minimum absolute atomic E-state index is 0.169. The highest BCUT2D eigenvalue weighted by Gasteiger charge is 2.24. The number of carbonyl (C=O) groups is 1. The van der Waals surface area contributed by atoms with Crippen molar-refractivity contribution >= 4 is 5.78 Å². The van der Waals surface area contributed by atoms with E-state index in [1.165, 1.54) is 13.8 Å². The first-order valence-electron chi connectivity index (χ1n) is 6.06. The fourth-order valence-corrected chi connectivity index (χ4v) is 1.46. The Kier molecular flexibility index (Phi) is 5.31. The summed E-state index contributed by atoms with van der Waals surface area (Å²) in [5.41, 5.74) is -0.894. The highest BCUT2D eigenvalue weighted by molar-refractivity contribution is 6.01. The Morgan fingerprint density at radius 3 is 2.33 bits per heavy atom. The summed E-state index contributed by atoms with van der Waals surface area (Å²) in [6.07, 6.45) is 1.51. The van der Waals surface area contributed by atoms with Crippen LogP contribution in [-0.4, -0.2) is 34.8 Å². The fourth-order valence-electron chi connectivity index (χ4n) is 1.46. The molecule has 0 aromatic heterocycles. The van der Waals surface area contributed by atoms with Crippen molar-refractivity contribution in [2.45, 2.75) is 32.3 Å². The van der Waals surface area contributed by atoms with E-state index in [4.69, 9.17) is 9.84 Å². The lowest BCUT2D eigenvalue weighted by molar-refractivity contribution is 0.0488. The third-order valence-electron chi connectivity index (χ3n) is 2.49. The molecule has 1 aromatic rings. The first-order valence-corrected chi connectivity index (χ1v) is 6.06. The lowest BCUT2D eigenvalue weighted by atomic mass is 9.97. The molecular weight excluding hydrogens is 232 g/mol. The van der Waals surface area contributed by atoms with Gasteiger partial charge in [0, 0.05) is 12.2 Å². The molecule has 4 nitrogen and oxygen atoms in total. The Morgan fingerprint density at radius 1 is 1.22 bits per heavy atom. The Hall–Kier alpha value is -1.39. The largest absolute Gasteiger partial charge is 0.494 e. The van der Waals surface area contributed by atoms with Crippen molar-refractivity contribution in [3.8, 4) is 5.75 Å². The molecule has 0 aliphatic carbocycles. The van der Waals surface area contributed by atoms with Crippen molar-refractivity contribution < 1.29 is 19.7 Å². The zero-order valence-electron chi connectivity index (χ0n) is 10.8. The summed E-state index contributed by atoms with van der Waals surface area (Å²) in [5, 5.41) is 18.2. The van der Waals surface area contributed by atoms with Gasteiger partial charge in [-0.1, -0.05) is 0 Å². The highest BCUT2D eigenvalue weighted by atomic mass is 16.5. The van der Waals surface area contributed by atoms with Crippen molar-refractivity contribution in [1.29, 1.82) is 0 Å². The molecule has 0 radical (unpaired) electrons. The van der Waals surface area contributed by atoms with E-state index < -0.39 is 5.60 Å². The van der Waals surface area contributed by atoms with Crippen LogP contribution in [0.5, 0.6) is 5.75 Å². The Balaban J connectivity index is 2.55. The van der Waals surface area contributed by atoms with Crippen LogP contribution in [0.15, 0.2) is 24.3 Å². The molecule has 1 rings (SSSR count). The zero-order chi connectivity index (χ0) is 13.6. The lowest BCUT2D eigenvalue weighted by Gasteiger charge is -2.15. The number of unbranched alkanes of at least 4 members (excludes halogenated alkanes) is 1. The number of Topliss-reactive ketones (excluding diaryl/α,β-unsaturated/α-hetero) is 1. The zero-order valence-corrected chi connectivity index (χ0v) is 10.8. The van der Waals surface area contributed by atoms with Crippen LogP contribution in [0, 0.1) is 0 Å². The number of carbonyl (C=O) groups excluding carboxylic acids is 1. The van der Waals surface area contributed by atoms with E-state index in [2.05, 4.69) is 0 Å². The molecular formula is C14H20O4. The topological polar surface area (TPSA) is 66.8 Å². The van der Waals surface area contributed by atoms with Crippen LogP contribution >= 0.6 is 0 Å². The van der Waals surface area contributed by atoms with Gasteiger partial charge in [-0.3, -0.25) is 4.79 Å². The minimum atomic E-state index is -1.36. The molecule has 0 aliphatic heterocycles. The summed E-state index contributed by atoms with van der Waals surface area (Å²) in [7, 11) is 0. The standard InChI is InChI=1S/C14H20O4/c1-14(2,17)13(16)11-5-7-12(8-6-11)18-10-4-3-9-15/h5-8,15,17H,3-4,9-10H2,1-2H3. The fraction of sp³-hybridized carbons (Fsp3) is 0.500. The first kappa shape index (κ1) is 14.7. The summed E-state index contributed by atoms with van der Waals surface area (Å²) in [5.74, 6) is 0.370. The van der Waals surface area contributed by atoms with Gasteiger partial charge in [0.1, 0.15) is 11.4 Å². The predicted molar refractivity (Wildman–Crippen MR) is 68.9 cm³/mol. The van der Waals surface area contributed by atoms with Crippen molar-refractivity contribution in [2.75, 3.05) is 13.2 Å². The molecule has 0 heterocycles. The van der Waals surface area contributed by atoms with Gasteiger partial charge < -0.3 is 14.9 Å². The molecule has 1 aromatic carbocycles. The first-order chi connectivity index (χ1) is 8.45. The maximum atomic E-state index is 11.8. The van der Waals surface area contributed by atoms with Crippen LogP contribution in [0.1, 0.15) is 37.0 Å². The maximum Gasteiger partial charge on any atom is 0.193 e. The van der Waals surface area contributed by atoms with Gasteiger partial charge in [0.25, 0.3) is 0 Å². The van der Waals surface area contributed by atoms with Gasteiger partial charge in [0.05, 0.1) is 6.61 Å². The molecule has 0 atom stereocenters. The third kappa shape index (κ3) is 4.47. The molecule has 0 bridgehead atoms. The lowest BCUT2D eigenvalue weighted by Crippen LogP contribution is -2.30. The minimum Gasteiger partial charge on any atom is -0.494 e. The van der Waals surface area contributed by atoms with Gasteiger partial charge in [-0.2, -0.15) is 0 Å². The van der Waals surface area contributed by atoms with E-state index in [1.54, 1.807) is 24.3 Å². The van der Waals surface area contributed by atoms with Crippen molar-refractivity contribution in [1.82, 2.24) is 0 Å². The second-order valence-corrected chi connectivity index (χ2v) is 4.69. The summed E-state index contributed by atoms with van der Waals surface area (Å²) >= 11 is 0. The molecule has 4 heteroatoms. The van der Waals surface area contributed by atoms with Crippen LogP contribution < -0.4 is 4.74 Å². The molecule has 0 saturated carbocycles. The Morgan fingerprint density at radius 2 is 1.83 bits per heavy atom. The third-order valence-corrected chi connectivity index (χ3v) is 2.49. The van der Waals surface area contributed by atoms with E-state index in [-0.39, 0.29) is 12.4 Å². The number of rotatable bonds is 7.